The summed E-state index contributed by atoms with van der Waals surface area (Å²) in [5.74, 6) is 0.978. The van der Waals surface area contributed by atoms with Crippen LogP contribution in [0.4, 0.5) is 0 Å². The zero-order chi connectivity index (χ0) is 16.2. The third-order valence-electron chi connectivity index (χ3n) is 4.61. The number of likely N-dealkylation sites (tertiary alicyclic amines) is 1. The average Bonchev–Trinajstić information content (AvgIpc) is 2.60. The zero-order valence-corrected chi connectivity index (χ0v) is 13.3. The van der Waals surface area contributed by atoms with Crippen LogP contribution in [0.15, 0.2) is 36.4 Å². The average molecular weight is 314 g/mol. The summed E-state index contributed by atoms with van der Waals surface area (Å²) in [5, 5.41) is 3.06. The lowest BCUT2D eigenvalue weighted by molar-refractivity contribution is -0.145. The summed E-state index contributed by atoms with van der Waals surface area (Å²) in [7, 11) is 1.59. The van der Waals surface area contributed by atoms with E-state index in [1.54, 1.807) is 36.3 Å². The molecule has 0 aromatic heterocycles. The number of allylic oxidation sites excluding steroid dienone is 2. The van der Waals surface area contributed by atoms with Crippen LogP contribution in [-0.4, -0.2) is 36.5 Å². The molecule has 2 amide bonds. The van der Waals surface area contributed by atoms with Gasteiger partial charge < -0.3 is 15.0 Å². The van der Waals surface area contributed by atoms with Gasteiger partial charge in [-0.25, -0.2) is 0 Å². The molecular weight excluding hydrogens is 292 g/mol. The van der Waals surface area contributed by atoms with Crippen LogP contribution >= 0.6 is 0 Å². The van der Waals surface area contributed by atoms with E-state index in [0.717, 1.165) is 25.8 Å². The Labute approximate surface area is 136 Å². The van der Waals surface area contributed by atoms with Gasteiger partial charge >= 0.3 is 0 Å². The van der Waals surface area contributed by atoms with Crippen LogP contribution in [0.2, 0.25) is 0 Å². The van der Waals surface area contributed by atoms with Crippen molar-refractivity contribution in [2.45, 2.75) is 31.8 Å². The maximum atomic E-state index is 12.5. The number of hydrogen-bond acceptors (Lipinski definition) is 3. The second kappa shape index (κ2) is 6.86. The van der Waals surface area contributed by atoms with Crippen molar-refractivity contribution >= 4 is 11.8 Å². The minimum atomic E-state index is -0.212. The first-order valence-electron chi connectivity index (χ1n) is 8.08. The van der Waals surface area contributed by atoms with Crippen molar-refractivity contribution in [2.24, 2.45) is 5.92 Å². The normalized spacial score (nSPS) is 21.5. The van der Waals surface area contributed by atoms with Crippen LogP contribution in [0, 0.1) is 5.92 Å². The Morgan fingerprint density at radius 1 is 1.30 bits per heavy atom. The van der Waals surface area contributed by atoms with Crippen molar-refractivity contribution in [3.05, 3.63) is 42.0 Å². The molecule has 0 spiro atoms. The van der Waals surface area contributed by atoms with E-state index < -0.39 is 0 Å². The molecule has 0 radical (unpaired) electrons. The molecule has 3 rings (SSSR count). The Kier molecular flexibility index (Phi) is 4.65. The van der Waals surface area contributed by atoms with Gasteiger partial charge in [-0.05, 0) is 43.5 Å². The highest BCUT2D eigenvalue weighted by Crippen LogP contribution is 2.27. The fraction of sp³-hybridized carbons (Fsp3) is 0.444. The molecule has 1 N–H and O–H groups in total. The molecule has 0 saturated carbocycles. The summed E-state index contributed by atoms with van der Waals surface area (Å²) in [6, 6.07) is 7.01. The van der Waals surface area contributed by atoms with Gasteiger partial charge in [-0.3, -0.25) is 9.59 Å². The number of nitrogens with zero attached hydrogens (tertiary/aromatic N) is 1. The number of methoxy groups -OCH3 is 1. The molecule has 1 aromatic rings. The predicted molar refractivity (Wildman–Crippen MR) is 87.1 cm³/mol. The summed E-state index contributed by atoms with van der Waals surface area (Å²) in [6.07, 6.45) is 7.57. The predicted octanol–water partition coefficient (Wildman–Crippen LogP) is 2.34. The molecular formula is C18H22N2O3. The molecule has 1 heterocycles. The van der Waals surface area contributed by atoms with E-state index in [1.165, 1.54) is 0 Å². The molecule has 1 aromatic carbocycles. The highest BCUT2D eigenvalue weighted by Gasteiger charge is 2.36. The first-order chi connectivity index (χ1) is 11.2. The minimum Gasteiger partial charge on any atom is -0.497 e. The number of β-lactam (4-membered cyclic amide) rings is 1. The van der Waals surface area contributed by atoms with Gasteiger partial charge in [0.25, 0.3) is 5.91 Å². The summed E-state index contributed by atoms with van der Waals surface area (Å²) in [5.41, 5.74) is 0.579. The summed E-state index contributed by atoms with van der Waals surface area (Å²) in [4.78, 5) is 26.2. The van der Waals surface area contributed by atoms with E-state index in [4.69, 9.17) is 4.74 Å². The van der Waals surface area contributed by atoms with Crippen LogP contribution in [0.5, 0.6) is 5.75 Å². The van der Waals surface area contributed by atoms with Crippen LogP contribution in [0.25, 0.3) is 0 Å². The van der Waals surface area contributed by atoms with Gasteiger partial charge in [0.1, 0.15) is 11.9 Å². The SMILES string of the molecule is COc1ccc(C(=O)NC(C2CC=CCC2)N2CCC2=O)cc1. The van der Waals surface area contributed by atoms with Gasteiger partial charge in [-0.1, -0.05) is 12.2 Å². The first kappa shape index (κ1) is 15.6. The van der Waals surface area contributed by atoms with Crippen molar-refractivity contribution in [2.75, 3.05) is 13.7 Å². The molecule has 5 nitrogen and oxygen atoms in total. The lowest BCUT2D eigenvalue weighted by Gasteiger charge is -2.42. The molecule has 23 heavy (non-hydrogen) atoms. The number of carbonyl (C=O) groups excluding carboxylic acids is 2. The molecule has 0 bridgehead atoms. The van der Waals surface area contributed by atoms with Crippen LogP contribution < -0.4 is 10.1 Å². The Morgan fingerprint density at radius 2 is 2.09 bits per heavy atom. The number of rotatable bonds is 5. The van der Waals surface area contributed by atoms with E-state index >= 15 is 0 Å². The fourth-order valence-electron chi connectivity index (χ4n) is 3.14. The van der Waals surface area contributed by atoms with Crippen molar-refractivity contribution in [1.29, 1.82) is 0 Å². The van der Waals surface area contributed by atoms with E-state index in [-0.39, 0.29) is 23.9 Å². The van der Waals surface area contributed by atoms with Crippen molar-refractivity contribution in [1.82, 2.24) is 10.2 Å². The quantitative estimate of drug-likeness (QED) is 0.670. The molecule has 2 atom stereocenters. The minimum absolute atomic E-state index is 0.125. The summed E-state index contributed by atoms with van der Waals surface area (Å²) in [6.45, 7) is 0.729. The topological polar surface area (TPSA) is 58.6 Å². The summed E-state index contributed by atoms with van der Waals surface area (Å²) >= 11 is 0. The lowest BCUT2D eigenvalue weighted by atomic mass is 9.89. The second-order valence-electron chi connectivity index (χ2n) is 6.03. The number of ether oxygens (including phenoxy) is 1. The first-order valence-corrected chi connectivity index (χ1v) is 8.08. The molecule has 2 unspecified atom stereocenters. The van der Waals surface area contributed by atoms with Gasteiger partial charge in [-0.15, -0.1) is 0 Å². The molecule has 122 valence electrons. The zero-order valence-electron chi connectivity index (χ0n) is 13.3. The number of hydrogen-bond donors (Lipinski definition) is 1. The highest BCUT2D eigenvalue weighted by atomic mass is 16.5. The third-order valence-corrected chi connectivity index (χ3v) is 4.61. The largest absolute Gasteiger partial charge is 0.497 e. The molecule has 1 aliphatic carbocycles. The standard InChI is InChI=1S/C18H22N2O3/c1-23-15-9-7-14(8-10-15)18(22)19-17(20-12-11-16(20)21)13-5-3-2-4-6-13/h2-3,7-10,13,17H,4-6,11-12H2,1H3,(H,19,22). The van der Waals surface area contributed by atoms with Crippen molar-refractivity contribution in [3.63, 3.8) is 0 Å². The van der Waals surface area contributed by atoms with Gasteiger partial charge in [0.15, 0.2) is 0 Å². The van der Waals surface area contributed by atoms with Crippen LogP contribution in [0.3, 0.4) is 0 Å². The maximum absolute atomic E-state index is 12.5. The van der Waals surface area contributed by atoms with Crippen LogP contribution in [0.1, 0.15) is 36.0 Å². The second-order valence-corrected chi connectivity index (χ2v) is 6.03. The maximum Gasteiger partial charge on any atom is 0.252 e. The fourth-order valence-corrected chi connectivity index (χ4v) is 3.14. The molecule has 5 heteroatoms. The Morgan fingerprint density at radius 3 is 2.61 bits per heavy atom. The lowest BCUT2D eigenvalue weighted by Crippen LogP contribution is -2.60. The molecule has 1 fully saturated rings. The number of carbonyl (C=O) groups is 2. The Hall–Kier alpha value is -2.30. The Balaban J connectivity index is 1.72. The van der Waals surface area contributed by atoms with E-state index in [9.17, 15) is 9.59 Å². The number of amides is 2. The monoisotopic (exact) mass is 314 g/mol. The Bertz CT molecular complexity index is 609. The van der Waals surface area contributed by atoms with Gasteiger partial charge in [-0.2, -0.15) is 0 Å². The number of benzene rings is 1. The van der Waals surface area contributed by atoms with Gasteiger partial charge in [0.2, 0.25) is 5.91 Å². The van der Waals surface area contributed by atoms with Crippen molar-refractivity contribution < 1.29 is 14.3 Å². The van der Waals surface area contributed by atoms with Crippen molar-refractivity contribution in [3.8, 4) is 5.75 Å². The van der Waals surface area contributed by atoms with Crippen LogP contribution in [-0.2, 0) is 4.79 Å². The van der Waals surface area contributed by atoms with E-state index in [2.05, 4.69) is 17.5 Å². The summed E-state index contributed by atoms with van der Waals surface area (Å²) < 4.78 is 5.11. The number of nitrogens with one attached hydrogen (secondary N) is 1. The van der Waals surface area contributed by atoms with Gasteiger partial charge in [0.05, 0.1) is 7.11 Å². The highest BCUT2D eigenvalue weighted by molar-refractivity contribution is 5.95. The van der Waals surface area contributed by atoms with E-state index in [0.29, 0.717) is 17.7 Å². The third kappa shape index (κ3) is 3.38. The smallest absolute Gasteiger partial charge is 0.252 e. The molecule has 1 saturated heterocycles. The van der Waals surface area contributed by atoms with Gasteiger partial charge in [0, 0.05) is 24.4 Å². The molecule has 2 aliphatic rings. The van der Waals surface area contributed by atoms with E-state index in [1.807, 2.05) is 0 Å². The molecule has 1 aliphatic heterocycles.